The van der Waals surface area contributed by atoms with E-state index in [2.05, 4.69) is 22.5 Å². The minimum absolute atomic E-state index is 0.0134. The highest BCUT2D eigenvalue weighted by molar-refractivity contribution is 7.91. The lowest BCUT2D eigenvalue weighted by Crippen LogP contribution is -2.36. The van der Waals surface area contributed by atoms with Gasteiger partial charge >= 0.3 is 6.03 Å². The Kier molecular flexibility index (Phi) is 5.55. The molecule has 150 valence electrons. The minimum Gasteiger partial charge on any atom is -0.331 e. The van der Waals surface area contributed by atoms with Crippen LogP contribution < -0.4 is 10.6 Å². The number of urea groups is 1. The first-order valence-electron chi connectivity index (χ1n) is 9.58. The summed E-state index contributed by atoms with van der Waals surface area (Å²) >= 11 is 0. The van der Waals surface area contributed by atoms with Gasteiger partial charge in [-0.25, -0.2) is 13.2 Å². The number of amides is 2. The summed E-state index contributed by atoms with van der Waals surface area (Å²) in [5.74, 6) is 6.19. The average molecular weight is 417 g/mol. The van der Waals surface area contributed by atoms with Crippen molar-refractivity contribution >= 4 is 21.6 Å². The molecule has 0 radical (unpaired) electrons. The van der Waals surface area contributed by atoms with Crippen molar-refractivity contribution in [1.29, 1.82) is 0 Å². The van der Waals surface area contributed by atoms with Gasteiger partial charge in [-0.2, -0.15) is 0 Å². The van der Waals surface area contributed by atoms with Crippen LogP contribution in [0.3, 0.4) is 0 Å². The van der Waals surface area contributed by atoms with Crippen molar-refractivity contribution < 1.29 is 13.2 Å². The summed E-state index contributed by atoms with van der Waals surface area (Å²) in [6.45, 7) is 0. The van der Waals surface area contributed by atoms with Crippen molar-refractivity contribution in [2.45, 2.75) is 17.4 Å². The maximum Gasteiger partial charge on any atom is 0.319 e. The van der Waals surface area contributed by atoms with Crippen molar-refractivity contribution in [3.8, 4) is 11.8 Å². The monoisotopic (exact) mass is 416 g/mol. The molecule has 3 aromatic carbocycles. The number of sulfone groups is 1. The molecule has 0 aromatic heterocycles. The van der Waals surface area contributed by atoms with E-state index in [9.17, 15) is 13.2 Å². The summed E-state index contributed by atoms with van der Waals surface area (Å²) in [5, 5.41) is 5.70. The predicted octanol–water partition coefficient (Wildman–Crippen LogP) is 4.13. The van der Waals surface area contributed by atoms with Gasteiger partial charge in [0.15, 0.2) is 9.84 Å². The number of hydrogen-bond donors (Lipinski definition) is 2. The van der Waals surface area contributed by atoms with E-state index in [1.54, 1.807) is 36.4 Å². The quantitative estimate of drug-likeness (QED) is 0.617. The van der Waals surface area contributed by atoms with E-state index in [1.807, 2.05) is 42.5 Å². The summed E-state index contributed by atoms with van der Waals surface area (Å²) in [6, 6.07) is 23.0. The fourth-order valence-corrected chi connectivity index (χ4v) is 5.03. The molecule has 1 aliphatic rings. The zero-order valence-corrected chi connectivity index (χ0v) is 16.9. The summed E-state index contributed by atoms with van der Waals surface area (Å²) < 4.78 is 24.5. The predicted molar refractivity (Wildman–Crippen MR) is 117 cm³/mol. The summed E-state index contributed by atoms with van der Waals surface area (Å²) in [5.41, 5.74) is 2.94. The number of anilines is 1. The number of rotatable bonds is 2. The Morgan fingerprint density at radius 3 is 2.40 bits per heavy atom. The summed E-state index contributed by atoms with van der Waals surface area (Å²) in [7, 11) is -3.29. The van der Waals surface area contributed by atoms with Gasteiger partial charge < -0.3 is 10.6 Å². The van der Waals surface area contributed by atoms with Gasteiger partial charge in [0.05, 0.1) is 16.7 Å². The molecule has 30 heavy (non-hydrogen) atoms. The molecule has 0 bridgehead atoms. The highest BCUT2D eigenvalue weighted by Crippen LogP contribution is 2.31. The molecule has 0 saturated carbocycles. The van der Waals surface area contributed by atoms with Crippen LogP contribution in [-0.2, 0) is 9.84 Å². The second-order valence-electron chi connectivity index (χ2n) is 6.99. The Bertz CT molecular complexity index is 1240. The van der Waals surface area contributed by atoms with Crippen LogP contribution in [0.25, 0.3) is 0 Å². The van der Waals surface area contributed by atoms with Crippen LogP contribution in [0.5, 0.6) is 0 Å². The van der Waals surface area contributed by atoms with Crippen molar-refractivity contribution in [1.82, 2.24) is 5.32 Å². The first-order valence-corrected chi connectivity index (χ1v) is 11.2. The third-order valence-corrected chi connectivity index (χ3v) is 6.67. The van der Waals surface area contributed by atoms with Gasteiger partial charge in [0.25, 0.3) is 0 Å². The third kappa shape index (κ3) is 4.53. The smallest absolute Gasteiger partial charge is 0.319 e. The molecule has 0 fully saturated rings. The van der Waals surface area contributed by atoms with Gasteiger partial charge in [-0.1, -0.05) is 54.3 Å². The van der Waals surface area contributed by atoms with E-state index in [0.29, 0.717) is 22.6 Å². The summed E-state index contributed by atoms with van der Waals surface area (Å²) in [6.07, 6.45) is 0.343. The molecule has 1 unspecified atom stereocenters. The molecule has 2 amide bonds. The molecule has 0 saturated heterocycles. The van der Waals surface area contributed by atoms with E-state index in [-0.39, 0.29) is 17.8 Å². The van der Waals surface area contributed by atoms with Gasteiger partial charge in [0, 0.05) is 16.8 Å². The zero-order chi connectivity index (χ0) is 21.0. The first-order chi connectivity index (χ1) is 14.5. The number of benzene rings is 3. The summed E-state index contributed by atoms with van der Waals surface area (Å²) in [4.78, 5) is 12.8. The lowest BCUT2D eigenvalue weighted by atomic mass is 10.0. The Labute approximate surface area is 176 Å². The first kappa shape index (κ1) is 19.7. The van der Waals surface area contributed by atoms with E-state index >= 15 is 0 Å². The van der Waals surface area contributed by atoms with Crippen LogP contribution in [0.1, 0.15) is 29.2 Å². The van der Waals surface area contributed by atoms with Crippen molar-refractivity contribution in [3.63, 3.8) is 0 Å². The third-order valence-electron chi connectivity index (χ3n) is 4.86. The molecule has 1 heterocycles. The lowest BCUT2D eigenvalue weighted by molar-refractivity contribution is 0.248. The zero-order valence-electron chi connectivity index (χ0n) is 16.1. The minimum atomic E-state index is -3.29. The number of carbonyl (C=O) groups is 1. The van der Waals surface area contributed by atoms with Gasteiger partial charge in [-0.05, 0) is 48.4 Å². The van der Waals surface area contributed by atoms with Crippen LogP contribution in [-0.4, -0.2) is 20.2 Å². The van der Waals surface area contributed by atoms with E-state index in [4.69, 9.17) is 0 Å². The molecular formula is C24H20N2O3S. The van der Waals surface area contributed by atoms with Gasteiger partial charge in [-0.15, -0.1) is 0 Å². The lowest BCUT2D eigenvalue weighted by Gasteiger charge is -2.26. The fraction of sp³-hybridized carbons (Fsp3) is 0.125. The molecular weight excluding hydrogens is 396 g/mol. The van der Waals surface area contributed by atoms with Crippen LogP contribution in [0.15, 0.2) is 83.8 Å². The van der Waals surface area contributed by atoms with Crippen LogP contribution in [0, 0.1) is 11.8 Å². The standard InChI is InChI=1S/C24H20N2O3S/c27-24(26-22-15-16-30(28,29)23-12-5-4-11-21(22)23)25-20-10-6-9-19(17-20)14-13-18-7-2-1-3-8-18/h1-12,17,22H,15-16H2,(H2,25,26,27). The highest BCUT2D eigenvalue weighted by Gasteiger charge is 2.30. The number of hydrogen-bond acceptors (Lipinski definition) is 3. The fourth-order valence-electron chi connectivity index (χ4n) is 3.41. The molecule has 6 heteroatoms. The topological polar surface area (TPSA) is 75.3 Å². The maximum atomic E-state index is 12.5. The van der Waals surface area contributed by atoms with Crippen LogP contribution in [0.4, 0.5) is 10.5 Å². The normalized spacial score (nSPS) is 16.5. The van der Waals surface area contributed by atoms with Gasteiger partial charge in [-0.3, -0.25) is 0 Å². The number of fused-ring (bicyclic) bond motifs is 1. The van der Waals surface area contributed by atoms with Crippen molar-refractivity contribution in [2.75, 3.05) is 11.1 Å². The number of nitrogens with one attached hydrogen (secondary N) is 2. The number of carbonyl (C=O) groups excluding carboxylic acids is 1. The Morgan fingerprint density at radius 1 is 0.867 bits per heavy atom. The highest BCUT2D eigenvalue weighted by atomic mass is 32.2. The second-order valence-corrected chi connectivity index (χ2v) is 9.07. The molecule has 0 aliphatic carbocycles. The molecule has 3 aromatic rings. The molecule has 1 aliphatic heterocycles. The Balaban J connectivity index is 1.46. The molecule has 0 spiro atoms. The van der Waals surface area contributed by atoms with E-state index in [1.165, 1.54) is 0 Å². The van der Waals surface area contributed by atoms with Crippen LogP contribution >= 0.6 is 0 Å². The Hall–Kier alpha value is -3.56. The SMILES string of the molecule is O=C(Nc1cccc(C#Cc2ccccc2)c1)NC1CCS(=O)(=O)c2ccccc21. The van der Waals surface area contributed by atoms with Crippen molar-refractivity contribution in [3.05, 3.63) is 95.6 Å². The van der Waals surface area contributed by atoms with E-state index in [0.717, 1.165) is 11.1 Å². The molecule has 4 rings (SSSR count). The largest absolute Gasteiger partial charge is 0.331 e. The second kappa shape index (κ2) is 8.44. The Morgan fingerprint density at radius 2 is 1.57 bits per heavy atom. The molecule has 2 N–H and O–H groups in total. The maximum absolute atomic E-state index is 12.5. The molecule has 5 nitrogen and oxygen atoms in total. The van der Waals surface area contributed by atoms with Crippen LogP contribution in [0.2, 0.25) is 0 Å². The van der Waals surface area contributed by atoms with E-state index < -0.39 is 9.84 Å². The average Bonchev–Trinajstić information content (AvgIpc) is 2.76. The molecule has 1 atom stereocenters. The van der Waals surface area contributed by atoms with Crippen molar-refractivity contribution in [2.24, 2.45) is 0 Å². The van der Waals surface area contributed by atoms with Gasteiger partial charge in [0.2, 0.25) is 0 Å². The van der Waals surface area contributed by atoms with Gasteiger partial charge in [0.1, 0.15) is 0 Å².